The maximum absolute atomic E-state index is 13.7. The van der Waals surface area contributed by atoms with Gasteiger partial charge in [-0.25, -0.2) is 13.8 Å². The van der Waals surface area contributed by atoms with Crippen LogP contribution in [0.3, 0.4) is 0 Å². The van der Waals surface area contributed by atoms with Crippen LogP contribution in [0.2, 0.25) is 0 Å². The van der Waals surface area contributed by atoms with E-state index < -0.39 is 30.7 Å². The second kappa shape index (κ2) is 10.2. The van der Waals surface area contributed by atoms with E-state index in [1.165, 1.54) is 30.5 Å². The summed E-state index contributed by atoms with van der Waals surface area (Å²) in [7, 11) is 1.55. The third kappa shape index (κ3) is 5.82. The lowest BCUT2D eigenvalue weighted by molar-refractivity contribution is -0.274. The van der Waals surface area contributed by atoms with Crippen molar-refractivity contribution in [3.8, 4) is 28.4 Å². The van der Waals surface area contributed by atoms with Gasteiger partial charge in [0.2, 0.25) is 5.88 Å². The molecular formula is C24H18F5N5O3. The third-order valence-corrected chi connectivity index (χ3v) is 5.02. The standard InChI is InChI=1S/C24H18F5N5O3/c1-31-11-14-10-15(4-7-17(14)30)34-23(35)21(13-2-5-16(6-3-13)37-24(27,28)29)22-18(33-34)8-9-20(32-22)36-12-19(25)26/h2-11,19H,12,30H2,1H3. The molecule has 2 aromatic heterocycles. The molecule has 2 aromatic carbocycles. The van der Waals surface area contributed by atoms with E-state index in [4.69, 9.17) is 10.5 Å². The van der Waals surface area contributed by atoms with Crippen LogP contribution in [0.4, 0.5) is 27.6 Å². The van der Waals surface area contributed by atoms with Gasteiger partial charge >= 0.3 is 6.36 Å². The van der Waals surface area contributed by atoms with Crippen molar-refractivity contribution in [3.05, 3.63) is 70.5 Å². The van der Waals surface area contributed by atoms with Crippen LogP contribution in [0.5, 0.6) is 11.6 Å². The minimum atomic E-state index is -4.90. The SMILES string of the molecule is CN=Cc1cc(-n2nc3ccc(OCC(F)F)nc3c(-c3ccc(OC(F)(F)F)cc3)c2=O)ccc1N. The van der Waals surface area contributed by atoms with E-state index in [1.54, 1.807) is 25.2 Å². The van der Waals surface area contributed by atoms with Crippen molar-refractivity contribution in [1.29, 1.82) is 0 Å². The van der Waals surface area contributed by atoms with Crippen molar-refractivity contribution in [2.24, 2.45) is 4.99 Å². The molecule has 192 valence electrons. The Balaban J connectivity index is 1.93. The van der Waals surface area contributed by atoms with Crippen LogP contribution < -0.4 is 20.8 Å². The number of alkyl halides is 5. The van der Waals surface area contributed by atoms with E-state index in [0.717, 1.165) is 16.8 Å². The van der Waals surface area contributed by atoms with Crippen molar-refractivity contribution in [1.82, 2.24) is 14.8 Å². The van der Waals surface area contributed by atoms with Crippen LogP contribution >= 0.6 is 0 Å². The Morgan fingerprint density at radius 1 is 1.11 bits per heavy atom. The van der Waals surface area contributed by atoms with Gasteiger partial charge in [0.1, 0.15) is 16.8 Å². The Morgan fingerprint density at radius 3 is 2.49 bits per heavy atom. The number of halogens is 5. The molecule has 0 unspecified atom stereocenters. The first-order valence-corrected chi connectivity index (χ1v) is 10.6. The van der Waals surface area contributed by atoms with Crippen molar-refractivity contribution in [3.63, 3.8) is 0 Å². The number of nitrogen functional groups attached to an aromatic ring is 1. The average molecular weight is 519 g/mol. The molecule has 8 nitrogen and oxygen atoms in total. The van der Waals surface area contributed by atoms with Gasteiger partial charge in [-0.2, -0.15) is 9.78 Å². The maximum Gasteiger partial charge on any atom is 0.573 e. The molecule has 0 atom stereocenters. The summed E-state index contributed by atoms with van der Waals surface area (Å²) >= 11 is 0. The molecule has 0 bridgehead atoms. The number of nitrogens with zero attached hydrogens (tertiary/aromatic N) is 4. The van der Waals surface area contributed by atoms with E-state index in [0.29, 0.717) is 16.9 Å². The molecule has 0 aliphatic carbocycles. The lowest BCUT2D eigenvalue weighted by Gasteiger charge is -2.14. The number of fused-ring (bicyclic) bond motifs is 1. The number of aliphatic imine (C=N–C) groups is 1. The summed E-state index contributed by atoms with van der Waals surface area (Å²) in [4.78, 5) is 21.8. The minimum Gasteiger partial charge on any atom is -0.472 e. The van der Waals surface area contributed by atoms with Crippen molar-refractivity contribution in [2.45, 2.75) is 12.8 Å². The van der Waals surface area contributed by atoms with Crippen molar-refractivity contribution < 1.29 is 31.4 Å². The molecule has 0 fully saturated rings. The normalized spacial score (nSPS) is 12.0. The molecule has 0 aliphatic rings. The van der Waals surface area contributed by atoms with Crippen LogP contribution in [0.25, 0.3) is 27.8 Å². The number of pyridine rings is 1. The van der Waals surface area contributed by atoms with Gasteiger partial charge in [0.05, 0.1) is 11.3 Å². The fraction of sp³-hybridized carbons (Fsp3) is 0.167. The number of hydrogen-bond acceptors (Lipinski definition) is 7. The number of benzene rings is 2. The van der Waals surface area contributed by atoms with E-state index in [-0.39, 0.29) is 28.0 Å². The van der Waals surface area contributed by atoms with Gasteiger partial charge in [0, 0.05) is 30.6 Å². The zero-order chi connectivity index (χ0) is 26.7. The van der Waals surface area contributed by atoms with Crippen molar-refractivity contribution in [2.75, 3.05) is 19.4 Å². The van der Waals surface area contributed by atoms with Crippen molar-refractivity contribution >= 4 is 22.9 Å². The number of rotatable bonds is 7. The molecule has 0 saturated carbocycles. The Labute approximate surface area is 205 Å². The van der Waals surface area contributed by atoms with Crippen LogP contribution in [-0.4, -0.2) is 47.4 Å². The van der Waals surface area contributed by atoms with E-state index in [9.17, 15) is 26.7 Å². The molecule has 2 N–H and O–H groups in total. The second-order valence-electron chi connectivity index (χ2n) is 7.58. The van der Waals surface area contributed by atoms with Gasteiger partial charge in [-0.15, -0.1) is 13.2 Å². The Morgan fingerprint density at radius 2 is 1.84 bits per heavy atom. The molecule has 4 rings (SSSR count). The highest BCUT2D eigenvalue weighted by molar-refractivity contribution is 5.91. The molecule has 0 aliphatic heterocycles. The summed E-state index contributed by atoms with van der Waals surface area (Å²) in [5.41, 5.74) is 6.87. The quantitative estimate of drug-likeness (QED) is 0.217. The molecule has 0 radical (unpaired) electrons. The fourth-order valence-electron chi connectivity index (χ4n) is 3.49. The van der Waals surface area contributed by atoms with Gasteiger partial charge in [0.15, 0.2) is 6.61 Å². The highest BCUT2D eigenvalue weighted by Crippen LogP contribution is 2.29. The monoisotopic (exact) mass is 519 g/mol. The first kappa shape index (κ1) is 25.5. The molecule has 0 saturated heterocycles. The number of nitrogens with two attached hydrogens (primary N) is 1. The molecule has 37 heavy (non-hydrogen) atoms. The van der Waals surface area contributed by atoms with Gasteiger partial charge in [-0.3, -0.25) is 9.79 Å². The van der Waals surface area contributed by atoms with Crippen LogP contribution in [0.15, 0.2) is 64.4 Å². The van der Waals surface area contributed by atoms with E-state index in [1.807, 2.05) is 0 Å². The third-order valence-electron chi connectivity index (χ3n) is 5.02. The highest BCUT2D eigenvalue weighted by atomic mass is 19.4. The summed E-state index contributed by atoms with van der Waals surface area (Å²) in [6.45, 7) is -0.922. The molecule has 0 spiro atoms. The van der Waals surface area contributed by atoms with E-state index in [2.05, 4.69) is 19.8 Å². The average Bonchev–Trinajstić information content (AvgIpc) is 2.84. The highest BCUT2D eigenvalue weighted by Gasteiger charge is 2.31. The smallest absolute Gasteiger partial charge is 0.472 e. The Bertz CT molecular complexity index is 1520. The summed E-state index contributed by atoms with van der Waals surface area (Å²) in [6, 6.07) is 12.0. The zero-order valence-electron chi connectivity index (χ0n) is 19.0. The molecular weight excluding hydrogens is 501 g/mol. The Hall–Kier alpha value is -4.55. The number of anilines is 1. The van der Waals surface area contributed by atoms with Crippen LogP contribution in [-0.2, 0) is 0 Å². The fourth-order valence-corrected chi connectivity index (χ4v) is 3.49. The van der Waals surface area contributed by atoms with E-state index >= 15 is 0 Å². The second-order valence-corrected chi connectivity index (χ2v) is 7.58. The number of hydrogen-bond donors (Lipinski definition) is 1. The topological polar surface area (TPSA) is 105 Å². The minimum absolute atomic E-state index is 0.00305. The van der Waals surface area contributed by atoms with Gasteiger partial charge in [-0.05, 0) is 42.0 Å². The Kier molecular flexibility index (Phi) is 7.05. The van der Waals surface area contributed by atoms with Gasteiger partial charge < -0.3 is 15.2 Å². The zero-order valence-corrected chi connectivity index (χ0v) is 19.0. The summed E-state index contributed by atoms with van der Waals surface area (Å²) in [6.07, 6.45) is -6.15. The first-order chi connectivity index (χ1) is 17.6. The maximum atomic E-state index is 13.7. The molecule has 4 aromatic rings. The molecule has 0 amide bonds. The van der Waals surface area contributed by atoms with Crippen LogP contribution in [0.1, 0.15) is 5.56 Å². The summed E-state index contributed by atoms with van der Waals surface area (Å²) < 4.78 is 73.0. The lowest BCUT2D eigenvalue weighted by atomic mass is 10.1. The molecule has 2 heterocycles. The van der Waals surface area contributed by atoms with Crippen LogP contribution in [0, 0.1) is 0 Å². The number of ether oxygens (including phenoxy) is 2. The predicted octanol–water partition coefficient (Wildman–Crippen LogP) is 4.62. The first-order valence-electron chi connectivity index (χ1n) is 10.6. The van der Waals surface area contributed by atoms with Gasteiger partial charge in [0.25, 0.3) is 12.0 Å². The largest absolute Gasteiger partial charge is 0.573 e. The lowest BCUT2D eigenvalue weighted by Crippen LogP contribution is -2.24. The summed E-state index contributed by atoms with van der Waals surface area (Å²) in [5, 5.41) is 4.34. The number of aromatic nitrogens is 3. The summed E-state index contributed by atoms with van der Waals surface area (Å²) in [5.74, 6) is -0.676. The predicted molar refractivity (Wildman–Crippen MR) is 127 cm³/mol. The molecule has 13 heteroatoms. The van der Waals surface area contributed by atoms with Gasteiger partial charge in [-0.1, -0.05) is 12.1 Å².